The number of aromatic nitrogens is 3. The van der Waals surface area contributed by atoms with Crippen LogP contribution in [0.4, 0.5) is 4.79 Å². The molecule has 0 aromatic carbocycles. The Bertz CT molecular complexity index is 903. The van der Waals surface area contributed by atoms with Crippen molar-refractivity contribution in [2.75, 3.05) is 13.2 Å². The van der Waals surface area contributed by atoms with Gasteiger partial charge in [-0.15, -0.1) is 0 Å². The van der Waals surface area contributed by atoms with Gasteiger partial charge < -0.3 is 9.47 Å². The number of hydrogen-bond acceptors (Lipinski definition) is 6. The van der Waals surface area contributed by atoms with E-state index in [9.17, 15) is 9.59 Å². The number of aryl methyl sites for hydroxylation is 1. The first-order valence-electron chi connectivity index (χ1n) is 9.66. The molecule has 8 heteroatoms. The highest BCUT2D eigenvalue weighted by molar-refractivity contribution is 5.97. The molecule has 2 bridgehead atoms. The molecule has 2 aliphatic heterocycles. The second-order valence-electron chi connectivity index (χ2n) is 8.70. The lowest BCUT2D eigenvalue weighted by atomic mass is 9.81. The van der Waals surface area contributed by atoms with E-state index in [4.69, 9.17) is 9.47 Å². The standard InChI is InChI=1S/C20H26N4O4/c1-12-5-17-21-8-14(9-23(17)22-12)18(25)13-6-15-10-27-11-16(7-13)24(15)19(26)28-20(2,3)4/h5,8-9,13,15-16H,6-7,10-11H2,1-4H3. The van der Waals surface area contributed by atoms with Crippen LogP contribution < -0.4 is 0 Å². The summed E-state index contributed by atoms with van der Waals surface area (Å²) in [5.74, 6) is -0.128. The first-order chi connectivity index (χ1) is 13.2. The van der Waals surface area contributed by atoms with Gasteiger partial charge in [0.2, 0.25) is 0 Å². The van der Waals surface area contributed by atoms with Gasteiger partial charge in [0, 0.05) is 24.4 Å². The van der Waals surface area contributed by atoms with Gasteiger partial charge in [-0.05, 0) is 40.5 Å². The van der Waals surface area contributed by atoms with Crippen LogP contribution in [0.1, 0.15) is 49.7 Å². The average molecular weight is 386 g/mol. The number of hydrogen-bond donors (Lipinski definition) is 0. The highest BCUT2D eigenvalue weighted by atomic mass is 16.6. The summed E-state index contributed by atoms with van der Waals surface area (Å²) >= 11 is 0. The van der Waals surface area contributed by atoms with Crippen LogP contribution in [-0.4, -0.2) is 62.3 Å². The normalized spacial score (nSPS) is 25.0. The molecule has 4 heterocycles. The van der Waals surface area contributed by atoms with E-state index < -0.39 is 5.60 Å². The van der Waals surface area contributed by atoms with Crippen molar-refractivity contribution in [1.82, 2.24) is 19.5 Å². The van der Waals surface area contributed by atoms with Gasteiger partial charge in [-0.25, -0.2) is 14.3 Å². The highest BCUT2D eigenvalue weighted by Gasteiger charge is 2.45. The smallest absolute Gasteiger partial charge is 0.410 e. The Morgan fingerprint density at radius 3 is 2.54 bits per heavy atom. The summed E-state index contributed by atoms with van der Waals surface area (Å²) in [6, 6.07) is 1.56. The predicted molar refractivity (Wildman–Crippen MR) is 101 cm³/mol. The third-order valence-corrected chi connectivity index (χ3v) is 5.22. The number of carbonyl (C=O) groups excluding carboxylic acids is 2. The monoisotopic (exact) mass is 386 g/mol. The van der Waals surface area contributed by atoms with Gasteiger partial charge in [0.25, 0.3) is 0 Å². The molecule has 1 amide bonds. The fourth-order valence-electron chi connectivity index (χ4n) is 4.10. The second kappa shape index (κ2) is 6.84. The molecule has 2 atom stereocenters. The molecule has 2 unspecified atom stereocenters. The molecule has 2 aromatic rings. The molecule has 28 heavy (non-hydrogen) atoms. The van der Waals surface area contributed by atoms with Crippen LogP contribution in [0, 0.1) is 12.8 Å². The van der Waals surface area contributed by atoms with Gasteiger partial charge in [0.15, 0.2) is 11.4 Å². The van der Waals surface area contributed by atoms with E-state index in [1.54, 1.807) is 21.8 Å². The Morgan fingerprint density at radius 1 is 1.21 bits per heavy atom. The molecule has 0 aliphatic carbocycles. The lowest BCUT2D eigenvalue weighted by Gasteiger charge is -2.47. The molecule has 2 aromatic heterocycles. The number of amides is 1. The van der Waals surface area contributed by atoms with Crippen molar-refractivity contribution in [3.63, 3.8) is 0 Å². The van der Waals surface area contributed by atoms with Gasteiger partial charge in [-0.1, -0.05) is 0 Å². The van der Waals surface area contributed by atoms with Crippen LogP contribution in [-0.2, 0) is 9.47 Å². The Kier molecular flexibility index (Phi) is 4.61. The number of fused-ring (bicyclic) bond motifs is 3. The van der Waals surface area contributed by atoms with E-state index in [2.05, 4.69) is 10.1 Å². The van der Waals surface area contributed by atoms with Crippen LogP contribution in [0.2, 0.25) is 0 Å². The molecule has 8 nitrogen and oxygen atoms in total. The minimum absolute atomic E-state index is 0.0447. The fourth-order valence-corrected chi connectivity index (χ4v) is 4.10. The maximum absolute atomic E-state index is 13.1. The van der Waals surface area contributed by atoms with Gasteiger partial charge in [-0.2, -0.15) is 5.10 Å². The molecule has 0 saturated carbocycles. The molecular formula is C20H26N4O4. The quantitative estimate of drug-likeness (QED) is 0.738. The van der Waals surface area contributed by atoms with Crippen molar-refractivity contribution in [2.45, 2.75) is 58.2 Å². The van der Waals surface area contributed by atoms with E-state index in [0.29, 0.717) is 31.6 Å². The Balaban J connectivity index is 1.52. The first-order valence-corrected chi connectivity index (χ1v) is 9.66. The molecule has 2 fully saturated rings. The van der Waals surface area contributed by atoms with Crippen molar-refractivity contribution in [3.8, 4) is 0 Å². The Hall–Kier alpha value is -2.48. The van der Waals surface area contributed by atoms with Crippen molar-refractivity contribution >= 4 is 17.5 Å². The van der Waals surface area contributed by atoms with Gasteiger partial charge >= 0.3 is 6.09 Å². The van der Waals surface area contributed by atoms with E-state index in [0.717, 1.165) is 11.3 Å². The van der Waals surface area contributed by atoms with Gasteiger partial charge in [-0.3, -0.25) is 9.69 Å². The summed E-state index contributed by atoms with van der Waals surface area (Å²) < 4.78 is 12.9. The third-order valence-electron chi connectivity index (χ3n) is 5.22. The number of nitrogens with zero attached hydrogens (tertiary/aromatic N) is 4. The van der Waals surface area contributed by atoms with Crippen LogP contribution >= 0.6 is 0 Å². The summed E-state index contributed by atoms with van der Waals surface area (Å²) in [6.07, 6.45) is 4.15. The molecule has 0 radical (unpaired) electrons. The summed E-state index contributed by atoms with van der Waals surface area (Å²) in [5, 5.41) is 4.34. The average Bonchev–Trinajstić information content (AvgIpc) is 2.97. The van der Waals surface area contributed by atoms with Crippen molar-refractivity contribution < 1.29 is 19.1 Å². The summed E-state index contributed by atoms with van der Waals surface area (Å²) in [6.45, 7) is 8.31. The Morgan fingerprint density at radius 2 is 1.89 bits per heavy atom. The van der Waals surface area contributed by atoms with E-state index in [1.807, 2.05) is 33.8 Å². The number of piperidine rings is 1. The Labute approximate surface area is 163 Å². The molecular weight excluding hydrogens is 360 g/mol. The zero-order valence-corrected chi connectivity index (χ0v) is 16.7. The predicted octanol–water partition coefficient (Wildman–Crippen LogP) is 2.63. The van der Waals surface area contributed by atoms with Crippen LogP contribution in [0.15, 0.2) is 18.5 Å². The maximum Gasteiger partial charge on any atom is 0.410 e. The molecule has 4 rings (SSSR count). The lowest BCUT2D eigenvalue weighted by molar-refractivity contribution is -0.0861. The fraction of sp³-hybridized carbons (Fsp3) is 0.600. The second-order valence-corrected chi connectivity index (χ2v) is 8.70. The maximum atomic E-state index is 13.1. The molecule has 0 N–H and O–H groups in total. The summed E-state index contributed by atoms with van der Waals surface area (Å²) in [5.41, 5.74) is 1.57. The number of ether oxygens (including phenoxy) is 2. The zero-order valence-electron chi connectivity index (χ0n) is 16.7. The SMILES string of the molecule is Cc1cc2ncc(C(=O)C3CC4COCC(C3)N4C(=O)OC(C)(C)C)cn2n1. The number of morpholine rings is 1. The van der Waals surface area contributed by atoms with Crippen molar-refractivity contribution in [2.24, 2.45) is 5.92 Å². The molecule has 150 valence electrons. The number of ketones is 1. The topological polar surface area (TPSA) is 86.0 Å². The van der Waals surface area contributed by atoms with Crippen LogP contribution in [0.25, 0.3) is 5.65 Å². The van der Waals surface area contributed by atoms with E-state index in [1.165, 1.54) is 0 Å². The number of carbonyl (C=O) groups is 2. The number of rotatable bonds is 2. The number of Topliss-reactive ketones (excluding diaryl/α,β-unsaturated/α-hetero) is 1. The van der Waals surface area contributed by atoms with Crippen LogP contribution in [0.5, 0.6) is 0 Å². The van der Waals surface area contributed by atoms with E-state index >= 15 is 0 Å². The first kappa shape index (κ1) is 18.9. The van der Waals surface area contributed by atoms with E-state index in [-0.39, 0.29) is 29.9 Å². The minimum Gasteiger partial charge on any atom is -0.444 e. The lowest BCUT2D eigenvalue weighted by Crippen LogP contribution is -2.60. The van der Waals surface area contributed by atoms with Crippen molar-refractivity contribution in [3.05, 3.63) is 29.7 Å². The third kappa shape index (κ3) is 3.61. The van der Waals surface area contributed by atoms with Crippen molar-refractivity contribution in [1.29, 1.82) is 0 Å². The summed E-state index contributed by atoms with van der Waals surface area (Å²) in [7, 11) is 0. The van der Waals surface area contributed by atoms with Gasteiger partial charge in [0.05, 0.1) is 36.6 Å². The van der Waals surface area contributed by atoms with Crippen LogP contribution in [0.3, 0.4) is 0 Å². The molecule has 2 aliphatic rings. The molecule has 2 saturated heterocycles. The zero-order chi connectivity index (χ0) is 20.1. The largest absolute Gasteiger partial charge is 0.444 e. The minimum atomic E-state index is -0.554. The molecule has 0 spiro atoms. The van der Waals surface area contributed by atoms with Gasteiger partial charge in [0.1, 0.15) is 5.60 Å². The summed E-state index contributed by atoms with van der Waals surface area (Å²) in [4.78, 5) is 31.9. The highest BCUT2D eigenvalue weighted by Crippen LogP contribution is 2.34.